The van der Waals surface area contributed by atoms with E-state index in [9.17, 15) is 0 Å². The van der Waals surface area contributed by atoms with Crippen LogP contribution in [0.5, 0.6) is 0 Å². The molecule has 2 nitrogen and oxygen atoms in total. The molecule has 1 unspecified atom stereocenters. The molecule has 1 atom stereocenters. The molecule has 0 aliphatic heterocycles. The Morgan fingerprint density at radius 2 is 1.62 bits per heavy atom. The van der Waals surface area contributed by atoms with Crippen molar-refractivity contribution in [1.82, 2.24) is 10.2 Å². The minimum atomic E-state index is 0.714. The van der Waals surface area contributed by atoms with Gasteiger partial charge in [-0.3, -0.25) is 0 Å². The zero-order valence-electron chi connectivity index (χ0n) is 12.6. The van der Waals surface area contributed by atoms with Gasteiger partial charge in [-0.25, -0.2) is 0 Å². The molecule has 0 aromatic carbocycles. The molecule has 0 saturated carbocycles. The van der Waals surface area contributed by atoms with Gasteiger partial charge in [0.1, 0.15) is 0 Å². The van der Waals surface area contributed by atoms with E-state index in [-0.39, 0.29) is 0 Å². The van der Waals surface area contributed by atoms with E-state index in [1.807, 2.05) is 20.9 Å². The van der Waals surface area contributed by atoms with Gasteiger partial charge in [-0.1, -0.05) is 34.6 Å². The van der Waals surface area contributed by atoms with E-state index in [2.05, 4.69) is 37.9 Å². The van der Waals surface area contributed by atoms with Gasteiger partial charge in [-0.05, 0) is 52.4 Å². The molecule has 0 radical (unpaired) electrons. The molecule has 0 aliphatic carbocycles. The van der Waals surface area contributed by atoms with E-state index < -0.39 is 0 Å². The molecule has 16 heavy (non-hydrogen) atoms. The van der Waals surface area contributed by atoms with E-state index in [0.29, 0.717) is 6.04 Å². The summed E-state index contributed by atoms with van der Waals surface area (Å²) in [5.41, 5.74) is 0. The Hall–Kier alpha value is -0.0800. The predicted molar refractivity (Wildman–Crippen MR) is 76.1 cm³/mol. The summed E-state index contributed by atoms with van der Waals surface area (Å²) < 4.78 is 0. The second-order valence-corrected chi connectivity index (χ2v) is 4.55. The van der Waals surface area contributed by atoms with Gasteiger partial charge < -0.3 is 10.2 Å². The predicted octanol–water partition coefficient (Wildman–Crippen LogP) is 3.38. The molecule has 0 bridgehead atoms. The van der Waals surface area contributed by atoms with Crippen LogP contribution in [-0.2, 0) is 0 Å². The highest BCUT2D eigenvalue weighted by atomic mass is 15.1. The lowest BCUT2D eigenvalue weighted by Gasteiger charge is -2.28. The summed E-state index contributed by atoms with van der Waals surface area (Å²) in [5.74, 6) is 0.820. The molecule has 0 saturated heterocycles. The Labute approximate surface area is 104 Å². The molecule has 2 heteroatoms. The summed E-state index contributed by atoms with van der Waals surface area (Å²) in [6, 6.07) is 0.714. The van der Waals surface area contributed by atoms with Crippen molar-refractivity contribution in [1.29, 1.82) is 0 Å². The molecule has 0 aromatic heterocycles. The third kappa shape index (κ3) is 10.4. The van der Waals surface area contributed by atoms with Crippen LogP contribution in [0, 0.1) is 5.92 Å². The van der Waals surface area contributed by atoms with Crippen LogP contribution in [-0.4, -0.2) is 37.6 Å². The van der Waals surface area contributed by atoms with Gasteiger partial charge in [0.05, 0.1) is 0 Å². The average Bonchev–Trinajstić information content (AvgIpc) is 2.29. The number of hydrogen-bond acceptors (Lipinski definition) is 2. The number of rotatable bonds is 8. The highest BCUT2D eigenvalue weighted by Crippen LogP contribution is 2.07. The van der Waals surface area contributed by atoms with Crippen LogP contribution in [0.4, 0.5) is 0 Å². The zero-order valence-corrected chi connectivity index (χ0v) is 12.6. The van der Waals surface area contributed by atoms with Gasteiger partial charge in [0, 0.05) is 6.04 Å². The van der Waals surface area contributed by atoms with Crippen molar-refractivity contribution < 1.29 is 0 Å². The summed E-state index contributed by atoms with van der Waals surface area (Å²) >= 11 is 0. The Bertz CT molecular complexity index is 124. The fourth-order valence-corrected chi connectivity index (χ4v) is 1.65. The van der Waals surface area contributed by atoms with Gasteiger partial charge in [0.2, 0.25) is 0 Å². The summed E-state index contributed by atoms with van der Waals surface area (Å²) in [6.07, 6.45) is 2.57. The maximum atomic E-state index is 3.22. The number of hydrogen-bond donors (Lipinski definition) is 1. The van der Waals surface area contributed by atoms with Gasteiger partial charge in [0.25, 0.3) is 0 Å². The van der Waals surface area contributed by atoms with Gasteiger partial charge in [-0.2, -0.15) is 0 Å². The van der Waals surface area contributed by atoms with Gasteiger partial charge in [-0.15, -0.1) is 0 Å². The molecule has 1 N–H and O–H groups in total. The lowest BCUT2D eigenvalue weighted by atomic mass is 10.1. The molecule has 0 rings (SSSR count). The molecular formula is C14H34N2. The lowest BCUT2D eigenvalue weighted by molar-refractivity contribution is 0.199. The Morgan fingerprint density at radius 3 is 2.00 bits per heavy atom. The van der Waals surface area contributed by atoms with Crippen LogP contribution in [0.3, 0.4) is 0 Å². The van der Waals surface area contributed by atoms with Crippen molar-refractivity contribution in [2.45, 2.75) is 60.4 Å². The first-order valence-corrected chi connectivity index (χ1v) is 7.00. The second kappa shape index (κ2) is 13.0. The third-order valence-corrected chi connectivity index (χ3v) is 2.84. The Kier molecular flexibility index (Phi) is 14.8. The van der Waals surface area contributed by atoms with Crippen molar-refractivity contribution in [3.8, 4) is 0 Å². The van der Waals surface area contributed by atoms with E-state index in [4.69, 9.17) is 0 Å². The van der Waals surface area contributed by atoms with Crippen LogP contribution < -0.4 is 5.32 Å². The van der Waals surface area contributed by atoms with Crippen LogP contribution >= 0.6 is 0 Å². The first-order valence-electron chi connectivity index (χ1n) is 7.00. The molecular weight excluding hydrogens is 196 g/mol. The second-order valence-electron chi connectivity index (χ2n) is 4.55. The number of nitrogens with one attached hydrogen (secondary N) is 1. The van der Waals surface area contributed by atoms with E-state index in [1.165, 1.54) is 25.9 Å². The van der Waals surface area contributed by atoms with Crippen molar-refractivity contribution >= 4 is 0 Å². The van der Waals surface area contributed by atoms with Crippen molar-refractivity contribution in [3.05, 3.63) is 0 Å². The average molecular weight is 230 g/mol. The highest BCUT2D eigenvalue weighted by Gasteiger charge is 2.11. The molecule has 0 aromatic rings. The van der Waals surface area contributed by atoms with E-state index in [1.54, 1.807) is 0 Å². The SMILES string of the molecule is CC.CCN(CCC(C)C)C(C)CCNC. The van der Waals surface area contributed by atoms with Crippen LogP contribution in [0.15, 0.2) is 0 Å². The van der Waals surface area contributed by atoms with Gasteiger partial charge >= 0.3 is 0 Å². The highest BCUT2D eigenvalue weighted by molar-refractivity contribution is 4.67. The first kappa shape index (κ1) is 18.3. The van der Waals surface area contributed by atoms with Crippen LogP contribution in [0.25, 0.3) is 0 Å². The minimum absolute atomic E-state index is 0.714. The van der Waals surface area contributed by atoms with Crippen LogP contribution in [0.2, 0.25) is 0 Å². The maximum Gasteiger partial charge on any atom is 0.00788 e. The standard InChI is InChI=1S/C12H28N2.C2H6/c1-6-14(10-8-11(2)3)12(4)7-9-13-5;1-2/h11-13H,6-10H2,1-5H3;1-2H3. The van der Waals surface area contributed by atoms with E-state index >= 15 is 0 Å². The fraction of sp³-hybridized carbons (Fsp3) is 1.00. The normalized spacial score (nSPS) is 12.6. The van der Waals surface area contributed by atoms with Crippen molar-refractivity contribution in [3.63, 3.8) is 0 Å². The summed E-state index contributed by atoms with van der Waals surface area (Å²) in [7, 11) is 2.02. The quantitative estimate of drug-likeness (QED) is 0.688. The molecule has 0 spiro atoms. The van der Waals surface area contributed by atoms with Crippen molar-refractivity contribution in [2.75, 3.05) is 26.7 Å². The molecule has 0 amide bonds. The van der Waals surface area contributed by atoms with Crippen LogP contribution in [0.1, 0.15) is 54.4 Å². The molecule has 100 valence electrons. The third-order valence-electron chi connectivity index (χ3n) is 2.84. The van der Waals surface area contributed by atoms with E-state index in [0.717, 1.165) is 12.5 Å². The summed E-state index contributed by atoms with van der Waals surface area (Å²) in [6.45, 7) is 16.7. The summed E-state index contributed by atoms with van der Waals surface area (Å²) in [5, 5.41) is 3.22. The zero-order chi connectivity index (χ0) is 13.0. The number of nitrogens with zero attached hydrogens (tertiary/aromatic N) is 1. The largest absolute Gasteiger partial charge is 0.320 e. The smallest absolute Gasteiger partial charge is 0.00788 e. The minimum Gasteiger partial charge on any atom is -0.320 e. The first-order chi connectivity index (χ1) is 7.61. The fourth-order valence-electron chi connectivity index (χ4n) is 1.65. The summed E-state index contributed by atoms with van der Waals surface area (Å²) in [4.78, 5) is 2.58. The van der Waals surface area contributed by atoms with Crippen molar-refractivity contribution in [2.24, 2.45) is 5.92 Å². The monoisotopic (exact) mass is 230 g/mol. The molecule has 0 fully saturated rings. The lowest BCUT2D eigenvalue weighted by Crippen LogP contribution is -2.36. The Balaban J connectivity index is 0. The Morgan fingerprint density at radius 1 is 1.06 bits per heavy atom. The molecule has 0 aliphatic rings. The topological polar surface area (TPSA) is 15.3 Å². The molecule has 0 heterocycles. The van der Waals surface area contributed by atoms with Gasteiger partial charge in [0.15, 0.2) is 0 Å². The maximum absolute atomic E-state index is 3.22.